The molecule has 10 aromatic rings. The van der Waals surface area contributed by atoms with Crippen LogP contribution in [0.25, 0.3) is 0 Å². The van der Waals surface area contributed by atoms with E-state index in [4.69, 9.17) is 103 Å². The maximum absolute atomic E-state index is 13.4. The fourth-order valence-electron chi connectivity index (χ4n) is 16.8. The molecule has 0 atom stereocenters. The Morgan fingerprint density at radius 2 is 0.750 bits per heavy atom. The van der Waals surface area contributed by atoms with Gasteiger partial charge in [0.25, 0.3) is 5.91 Å². The van der Waals surface area contributed by atoms with Crippen LogP contribution in [0, 0.1) is 0 Å². The number of carbonyl (C=O) groups excluding carboxylic acids is 5. The van der Waals surface area contributed by atoms with Gasteiger partial charge in [-0.05, 0) is 153 Å². The number of para-hydroxylation sites is 2. The summed E-state index contributed by atoms with van der Waals surface area (Å²) in [5.41, 5.74) is 20.3. The summed E-state index contributed by atoms with van der Waals surface area (Å²) in [5, 5.41) is 9.83. The fraction of sp³-hybridized carbons (Fsp3) is 0.434. The number of ether oxygens (including phenoxy) is 12. The molecule has 0 saturated carbocycles. The predicted octanol–water partition coefficient (Wildman–Crippen LogP) is 8.65. The predicted molar refractivity (Wildman–Crippen MR) is 543 cm³/mol. The number of carbonyl (C=O) groups is 5. The minimum atomic E-state index is -0.321. The van der Waals surface area contributed by atoms with E-state index in [1.54, 1.807) is 43.3 Å². The topological polar surface area (TPSA) is 433 Å². The molecule has 41 nitrogen and oxygen atoms in total. The first kappa shape index (κ1) is 107. The van der Waals surface area contributed by atoms with Crippen molar-refractivity contribution in [3.63, 3.8) is 0 Å². The van der Waals surface area contributed by atoms with Gasteiger partial charge < -0.3 is 114 Å². The van der Waals surface area contributed by atoms with Crippen LogP contribution in [0.2, 0.25) is 15.9 Å². The van der Waals surface area contributed by atoms with E-state index in [0.29, 0.717) is 177 Å². The second kappa shape index (κ2) is 53.6. The molecular weight excluding hydrogens is 1940 g/mol. The Bertz CT molecular complexity index is 5880. The van der Waals surface area contributed by atoms with Gasteiger partial charge in [-0.2, -0.15) is 39.9 Å². The summed E-state index contributed by atoms with van der Waals surface area (Å²) in [6, 6.07) is 45.8. The van der Waals surface area contributed by atoms with Gasteiger partial charge in [-0.15, -0.1) is 12.4 Å². The Morgan fingerprint density at radius 3 is 1.15 bits per heavy atom. The number of hydrogen-bond donors (Lipinski definition) is 5. The Morgan fingerprint density at radius 1 is 0.396 bits per heavy atom. The molecule has 0 aliphatic carbocycles. The third-order valence-corrected chi connectivity index (χ3v) is 25.2. The monoisotopic (exact) mass is 2060 g/mol. The van der Waals surface area contributed by atoms with E-state index in [2.05, 4.69) is 110 Å². The highest BCUT2D eigenvalue weighted by Crippen LogP contribution is 2.37. The average Bonchev–Trinajstić information content (AvgIpc) is 1.06. The summed E-state index contributed by atoms with van der Waals surface area (Å²) in [5.74, 6) is 8.87. The Balaban J connectivity index is 0.000000148. The lowest BCUT2D eigenvalue weighted by Gasteiger charge is -2.34. The van der Waals surface area contributed by atoms with Crippen molar-refractivity contribution in [2.24, 2.45) is 5.73 Å². The van der Waals surface area contributed by atoms with E-state index < -0.39 is 0 Å². The van der Waals surface area contributed by atoms with Crippen molar-refractivity contribution >= 4 is 112 Å². The number of fused-ring (bicyclic) bond motifs is 4. The number of nitrogens with two attached hydrogens (primary N) is 2. The minimum Gasteiger partial charge on any atom is -0.465 e. The minimum absolute atomic E-state index is 0. The summed E-state index contributed by atoms with van der Waals surface area (Å²) in [7, 11) is 1.36. The van der Waals surface area contributed by atoms with E-state index in [1.807, 2.05) is 108 Å². The highest BCUT2D eigenvalue weighted by molar-refractivity contribution is 6.31. The van der Waals surface area contributed by atoms with Crippen LogP contribution < -0.4 is 80.0 Å². The number of amides is 4. The zero-order valence-corrected chi connectivity index (χ0v) is 82.9. The lowest BCUT2D eigenvalue weighted by atomic mass is 10.1. The Kier molecular flexibility index (Phi) is 39.8. The molecule has 4 amide bonds. The number of hydrogen-bond acceptors (Lipinski definition) is 37. The second-order valence-corrected chi connectivity index (χ2v) is 35.4. The first-order chi connectivity index (χ1) is 69.3. The second-order valence-electron chi connectivity index (χ2n) is 34.4. The zero-order valence-electron chi connectivity index (χ0n) is 79.8. The first-order valence-corrected chi connectivity index (χ1v) is 48.4. The molecule has 7 aromatic carbocycles. The molecule has 0 bridgehead atoms. The smallest absolute Gasteiger partial charge is 0.337 e. The molecule has 3 aromatic heterocycles. The molecule has 7 saturated heterocycles. The van der Waals surface area contributed by atoms with Crippen molar-refractivity contribution in [3.8, 4) is 46.0 Å². The number of methoxy groups -OCH3 is 1. The van der Waals surface area contributed by atoms with Crippen LogP contribution in [0.5, 0.6) is 46.0 Å². The molecule has 768 valence electrons. The lowest BCUT2D eigenvalue weighted by Crippen LogP contribution is -2.48. The summed E-state index contributed by atoms with van der Waals surface area (Å²) < 4.78 is 63.8. The van der Waals surface area contributed by atoms with Gasteiger partial charge in [-0.3, -0.25) is 38.8 Å². The number of rotatable bonds is 22. The normalized spacial score (nSPS) is 16.8. The van der Waals surface area contributed by atoms with Gasteiger partial charge >= 0.3 is 5.97 Å². The number of nitrogens with one attached hydrogen (secondary N) is 3. The number of nitrogen functional groups attached to an aromatic ring is 1. The zero-order chi connectivity index (χ0) is 98.5. The number of piperazine rings is 4. The highest BCUT2D eigenvalue weighted by atomic mass is 35.5. The molecule has 45 heteroatoms. The molecule has 0 unspecified atom stereocenters. The summed E-state index contributed by atoms with van der Waals surface area (Å²) in [6.45, 7) is 28.8. The van der Waals surface area contributed by atoms with Gasteiger partial charge in [0.1, 0.15) is 11.6 Å². The number of aromatic nitrogens is 9. The standard InChI is InChI=1S/C35H39N9O5.C21H25ClN6O4.C14H18N2O3.C12H16N2O2.C9H11NO2.C7H8Cl2N4O.CH4.ClH/c36-27-3-1-2-4-28(27)38-33(46)26-8-5-24(6-9-26)21-37-34-39-31(40-35(41-34)44-15-17-47-18-16-44)20-32(45)43-13-11-42(12-14-43)22-25-7-10-29-30(19-25)49-23-48-29;22-20-23-18(24-21(25-20)28-7-9-30-10-8-28)12-19(29)27-5-3-26(4-6-27)13-15-1-2-16-17(11-15)32-14-31-16;1-11(17)16-6-4-15(5-7-16)9-12-2-3-13-14(8-12)19-10-18-13;1-2-11-12(16-9-15-11)7-10(1)8-14-5-3-13-4-6-14;1-12-9(11)8-4-2-7(6-10)3-5-8;8-5-10-6(9)12-7(11-5)13-1-3-14-4-2-13;;/h1-10,19H,11-18,20-23,36H2,(H,38,46)(H,37,39,40,41);1-2,11H,3-10,12-14H2;2-3,8H,4-7,9-10H2,1H3;1-2,7,13H,3-6,8-9H2;2-5H,6,10H2,1H3;1-4H2;1H4;1H. The molecule has 7 N–H and O–H groups in total. The number of nitrogens with zero attached hydrogens (tertiary/aromatic N) is 19. The van der Waals surface area contributed by atoms with Gasteiger partial charge in [0.05, 0.1) is 76.5 Å². The molecule has 14 heterocycles. The highest BCUT2D eigenvalue weighted by Gasteiger charge is 2.30. The van der Waals surface area contributed by atoms with Crippen LogP contribution in [-0.4, -0.2) is 327 Å². The van der Waals surface area contributed by atoms with Crippen LogP contribution in [0.4, 0.5) is 35.2 Å². The largest absolute Gasteiger partial charge is 0.465 e. The van der Waals surface area contributed by atoms with Crippen LogP contribution >= 0.6 is 47.2 Å². The number of esters is 1. The van der Waals surface area contributed by atoms with Crippen molar-refractivity contribution in [1.82, 2.24) is 84.5 Å². The summed E-state index contributed by atoms with van der Waals surface area (Å²) >= 11 is 17.4. The van der Waals surface area contributed by atoms with Crippen molar-refractivity contribution in [2.75, 3.05) is 249 Å². The molecule has 11 aliphatic rings. The van der Waals surface area contributed by atoms with Gasteiger partial charge in [0.15, 0.2) is 46.0 Å². The van der Waals surface area contributed by atoms with Crippen molar-refractivity contribution in [3.05, 3.63) is 218 Å². The third kappa shape index (κ3) is 31.1. The SMILES string of the molecule is C.CC(=O)N1CCN(Cc2ccc3c(c2)OCO3)CC1.COC(=O)c1ccc(CN)cc1.Cl.Clc1nc(Cl)nc(N2CCOCC2)n1.Nc1ccccc1NC(=O)c1ccc(CNc2nc(CC(=O)N3CCN(Cc4ccc5c(c4)OCO5)CC3)nc(N3CCOCC3)n2)cc1.O=C(Cc1nc(Cl)nc(N2CCOCC2)n1)N1CCN(Cc2ccc3c(c2)OCO3)CC1.c1cc2c(cc1CN1CCNCC1)OCO2. The van der Waals surface area contributed by atoms with Crippen molar-refractivity contribution in [2.45, 2.75) is 66.5 Å². The van der Waals surface area contributed by atoms with Gasteiger partial charge in [0.2, 0.25) is 84.5 Å². The van der Waals surface area contributed by atoms with Crippen LogP contribution in [0.3, 0.4) is 0 Å². The Hall–Kier alpha value is -12.9. The molecule has 7 fully saturated rings. The van der Waals surface area contributed by atoms with E-state index in [1.165, 1.54) is 23.8 Å². The molecule has 0 radical (unpaired) electrons. The maximum Gasteiger partial charge on any atom is 0.337 e. The number of benzene rings is 7. The lowest BCUT2D eigenvalue weighted by molar-refractivity contribution is -0.133. The molecule has 11 aliphatic heterocycles. The van der Waals surface area contributed by atoms with Gasteiger partial charge in [-0.1, -0.05) is 68.1 Å². The van der Waals surface area contributed by atoms with E-state index in [9.17, 15) is 24.0 Å². The molecule has 0 spiro atoms. The molecule has 21 rings (SSSR count). The van der Waals surface area contributed by atoms with Crippen molar-refractivity contribution < 1.29 is 80.8 Å². The Labute approximate surface area is 857 Å². The number of halogens is 4. The number of anilines is 6. The van der Waals surface area contributed by atoms with Crippen LogP contribution in [0.1, 0.15) is 80.1 Å². The van der Waals surface area contributed by atoms with Gasteiger partial charge in [-0.25, -0.2) is 9.78 Å². The summed E-state index contributed by atoms with van der Waals surface area (Å²) in [4.78, 5) is 121. The van der Waals surface area contributed by atoms with Gasteiger partial charge in [0, 0.05) is 196 Å². The van der Waals surface area contributed by atoms with Crippen molar-refractivity contribution in [1.29, 1.82) is 0 Å². The maximum atomic E-state index is 13.4. The van der Waals surface area contributed by atoms with E-state index >= 15 is 0 Å². The van der Waals surface area contributed by atoms with E-state index in [0.717, 1.165) is 180 Å². The van der Waals surface area contributed by atoms with E-state index in [-0.39, 0.29) is 91.7 Å². The third-order valence-electron chi connectivity index (χ3n) is 24.7. The first-order valence-electron chi connectivity index (χ1n) is 47.3. The fourth-order valence-corrected chi connectivity index (χ4v) is 17.3. The quantitative estimate of drug-likeness (QED) is 0.0313. The average molecular weight is 2060 g/mol. The molecule has 144 heavy (non-hydrogen) atoms. The molecular formula is C99H122Cl4N24O17. The number of morpholine rings is 3. The van der Waals surface area contributed by atoms with Crippen LogP contribution in [-0.2, 0) is 85.4 Å². The summed E-state index contributed by atoms with van der Waals surface area (Å²) in [6.07, 6.45) is 0.189. The van der Waals surface area contributed by atoms with Crippen LogP contribution in [0.15, 0.2) is 146 Å².